The third-order valence-corrected chi connectivity index (χ3v) is 3.16. The highest BCUT2D eigenvalue weighted by atomic mass is 16.6. The van der Waals surface area contributed by atoms with Crippen molar-refractivity contribution in [1.82, 2.24) is 19.5 Å². The molecule has 0 spiro atoms. The second kappa shape index (κ2) is 4.38. The van der Waals surface area contributed by atoms with E-state index in [1.807, 2.05) is 0 Å². The number of fused-ring (bicyclic) bond motifs is 1. The topological polar surface area (TPSA) is 133 Å². The fourth-order valence-corrected chi connectivity index (χ4v) is 2.16. The molecule has 0 radical (unpaired) electrons. The van der Waals surface area contributed by atoms with Crippen LogP contribution < -0.4 is 5.56 Å². The molecule has 1 fully saturated rings. The van der Waals surface area contributed by atoms with Gasteiger partial charge in [-0.3, -0.25) is 9.36 Å². The molecule has 9 nitrogen and oxygen atoms in total. The molecular weight excluding hydrogens is 258 g/mol. The van der Waals surface area contributed by atoms with Crippen LogP contribution in [0.5, 0.6) is 0 Å². The molecule has 3 rings (SSSR count). The van der Waals surface area contributed by atoms with Gasteiger partial charge in [0.2, 0.25) is 0 Å². The SMILES string of the molecule is O=c1[15nH][13cH]nc2c1ncn2[C@@H]1O[C@H](CO)[C@@H](O)[C@H]1O. The Morgan fingerprint density at radius 2 is 2.16 bits per heavy atom. The first-order valence-corrected chi connectivity index (χ1v) is 5.66. The van der Waals surface area contributed by atoms with Crippen LogP contribution in [0.2, 0.25) is 0 Å². The minimum Gasteiger partial charge on any atom is -0.394 e. The molecule has 0 bridgehead atoms. The number of ether oxygens (including phenoxy) is 1. The highest BCUT2D eigenvalue weighted by molar-refractivity contribution is 5.68. The van der Waals surface area contributed by atoms with Crippen LogP contribution in [0, 0.1) is 0 Å². The number of nitrogens with zero attached hydrogens (tertiary/aromatic N) is 3. The van der Waals surface area contributed by atoms with Crippen molar-refractivity contribution in [2.75, 3.05) is 6.61 Å². The van der Waals surface area contributed by atoms with Gasteiger partial charge in [-0.2, -0.15) is 0 Å². The number of aromatic nitrogens is 4. The Morgan fingerprint density at radius 3 is 2.84 bits per heavy atom. The van der Waals surface area contributed by atoms with Gasteiger partial charge in [-0.25, -0.2) is 9.97 Å². The molecule has 1 saturated heterocycles. The minimum absolute atomic E-state index is 0.111. The zero-order valence-electron chi connectivity index (χ0n) is 9.67. The van der Waals surface area contributed by atoms with E-state index in [0.717, 1.165) is 0 Å². The van der Waals surface area contributed by atoms with Gasteiger partial charge in [0.05, 0.1) is 19.3 Å². The van der Waals surface area contributed by atoms with E-state index in [2.05, 4.69) is 15.0 Å². The predicted octanol–water partition coefficient (Wildman–Crippen LogP) is -2.27. The average Bonchev–Trinajstić information content (AvgIpc) is 2.94. The standard InChI is InChI=1S/C10H12N4O5/c15-1-4-6(16)7(17)10(19-4)14-3-13-5-8(14)11-2-12-9(5)18/h2-4,6-7,10,15-17H,1H2,(H,11,12,18)/t4-,6-,7-,10-/m1/s1/i2+1,12+1. The molecule has 0 saturated carbocycles. The number of nitrogens with one attached hydrogen (secondary N) is 1. The molecular formula is C10H12N4O5. The number of imidazole rings is 1. The number of H-pyrrole nitrogens is 1. The van der Waals surface area contributed by atoms with Gasteiger partial charge in [-0.1, -0.05) is 0 Å². The number of aliphatic hydroxyl groups excluding tert-OH is 3. The summed E-state index contributed by atoms with van der Waals surface area (Å²) in [5.74, 6) is 0. The second-order valence-corrected chi connectivity index (χ2v) is 4.28. The average molecular weight is 270 g/mol. The van der Waals surface area contributed by atoms with E-state index >= 15 is 0 Å². The fourth-order valence-electron chi connectivity index (χ4n) is 2.16. The Kier molecular flexibility index (Phi) is 2.82. The van der Waals surface area contributed by atoms with Crippen molar-refractivity contribution in [3.05, 3.63) is 23.0 Å². The molecule has 1 aliphatic rings. The summed E-state index contributed by atoms with van der Waals surface area (Å²) in [6.45, 7) is -0.421. The van der Waals surface area contributed by atoms with Gasteiger partial charge in [0, 0.05) is 0 Å². The van der Waals surface area contributed by atoms with E-state index in [1.165, 1.54) is 17.2 Å². The normalized spacial score (nSPS) is 31.1. The fraction of sp³-hybridized carbons (Fsp3) is 0.500. The Hall–Kier alpha value is -1.81. The van der Waals surface area contributed by atoms with Crippen LogP contribution in [0.3, 0.4) is 0 Å². The van der Waals surface area contributed by atoms with Crippen LogP contribution in [0.1, 0.15) is 6.23 Å². The van der Waals surface area contributed by atoms with Gasteiger partial charge in [0.25, 0.3) is 5.56 Å². The van der Waals surface area contributed by atoms with Crippen molar-refractivity contribution in [3.63, 3.8) is 0 Å². The lowest BCUT2D eigenvalue weighted by molar-refractivity contribution is -0.0511. The summed E-state index contributed by atoms with van der Waals surface area (Å²) in [6.07, 6.45) is -1.78. The molecule has 0 aliphatic carbocycles. The van der Waals surface area contributed by atoms with E-state index < -0.39 is 36.7 Å². The monoisotopic (exact) mass is 270 g/mol. The molecule has 102 valence electrons. The van der Waals surface area contributed by atoms with Gasteiger partial charge in [0.1, 0.15) is 18.3 Å². The van der Waals surface area contributed by atoms with Crippen molar-refractivity contribution < 1.29 is 20.1 Å². The van der Waals surface area contributed by atoms with Crippen LogP contribution in [0.15, 0.2) is 17.4 Å². The summed E-state index contributed by atoms with van der Waals surface area (Å²) in [5.41, 5.74) is -0.0608. The highest BCUT2D eigenvalue weighted by Gasteiger charge is 2.43. The molecule has 2 aromatic heterocycles. The first-order valence-electron chi connectivity index (χ1n) is 5.66. The van der Waals surface area contributed by atoms with Crippen LogP contribution in [0.4, 0.5) is 0 Å². The summed E-state index contributed by atoms with van der Waals surface area (Å²) in [4.78, 5) is 21.8. The molecule has 2 aromatic rings. The molecule has 0 unspecified atom stereocenters. The lowest BCUT2D eigenvalue weighted by atomic mass is 10.1. The van der Waals surface area contributed by atoms with E-state index in [4.69, 9.17) is 9.84 Å². The van der Waals surface area contributed by atoms with Crippen LogP contribution >= 0.6 is 0 Å². The lowest BCUT2D eigenvalue weighted by Gasteiger charge is -2.16. The Labute approximate surface area is 106 Å². The maximum atomic E-state index is 11.5. The van der Waals surface area contributed by atoms with Crippen molar-refractivity contribution in [1.29, 1.82) is 0 Å². The smallest absolute Gasteiger partial charge is 0.278 e. The second-order valence-electron chi connectivity index (χ2n) is 4.28. The van der Waals surface area contributed by atoms with E-state index in [1.54, 1.807) is 0 Å². The van der Waals surface area contributed by atoms with Crippen molar-refractivity contribution in [3.8, 4) is 0 Å². The van der Waals surface area contributed by atoms with Crippen molar-refractivity contribution in [2.45, 2.75) is 24.5 Å². The third kappa shape index (κ3) is 1.75. The van der Waals surface area contributed by atoms with E-state index in [0.29, 0.717) is 0 Å². The zero-order valence-corrected chi connectivity index (χ0v) is 9.67. The predicted molar refractivity (Wildman–Crippen MR) is 61.2 cm³/mol. The lowest BCUT2D eigenvalue weighted by Crippen LogP contribution is -2.33. The summed E-state index contributed by atoms with van der Waals surface area (Å²) in [7, 11) is 0. The van der Waals surface area contributed by atoms with Crippen molar-refractivity contribution in [2.24, 2.45) is 0 Å². The molecule has 19 heavy (non-hydrogen) atoms. The summed E-state index contributed by atoms with van der Waals surface area (Å²) >= 11 is 0. The van der Waals surface area contributed by atoms with Gasteiger partial charge in [-0.05, 0) is 0 Å². The van der Waals surface area contributed by atoms with Gasteiger partial charge in [-0.15, -0.1) is 0 Å². The zero-order chi connectivity index (χ0) is 13.6. The molecule has 4 N–H and O–H groups in total. The molecule has 0 aromatic carbocycles. The Morgan fingerprint density at radius 1 is 1.37 bits per heavy atom. The first kappa shape index (κ1) is 12.2. The Bertz CT molecular complexity index is 653. The molecule has 4 atom stereocenters. The van der Waals surface area contributed by atoms with Crippen LogP contribution in [-0.4, -0.2) is 59.8 Å². The van der Waals surface area contributed by atoms with Gasteiger partial charge >= 0.3 is 0 Å². The largest absolute Gasteiger partial charge is 0.394 e. The summed E-state index contributed by atoms with van der Waals surface area (Å²) < 4.78 is 6.70. The van der Waals surface area contributed by atoms with Crippen LogP contribution in [-0.2, 0) is 4.74 Å². The number of rotatable bonds is 2. The van der Waals surface area contributed by atoms with Crippen molar-refractivity contribution >= 4 is 11.2 Å². The highest BCUT2D eigenvalue weighted by Crippen LogP contribution is 2.30. The van der Waals surface area contributed by atoms with Gasteiger partial charge < -0.3 is 25.0 Å². The maximum Gasteiger partial charge on any atom is 0.278 e. The minimum atomic E-state index is -1.24. The number of aliphatic hydroxyl groups is 3. The Balaban J connectivity index is 2.06. The quantitative estimate of drug-likeness (QED) is 0.483. The van der Waals surface area contributed by atoms with E-state index in [9.17, 15) is 15.0 Å². The third-order valence-electron chi connectivity index (χ3n) is 3.16. The molecule has 1 aliphatic heterocycles. The molecule has 3 heterocycles. The number of aromatic amines is 1. The maximum absolute atomic E-state index is 11.5. The number of hydrogen-bond acceptors (Lipinski definition) is 7. The van der Waals surface area contributed by atoms with E-state index in [-0.39, 0.29) is 11.2 Å². The summed E-state index contributed by atoms with van der Waals surface area (Å²) in [6, 6.07) is 0. The summed E-state index contributed by atoms with van der Waals surface area (Å²) in [5, 5.41) is 28.6. The molecule has 0 amide bonds. The first-order chi connectivity index (χ1) is 9.13. The molecule has 9 heteroatoms. The van der Waals surface area contributed by atoms with Crippen LogP contribution in [0.25, 0.3) is 11.2 Å². The van der Waals surface area contributed by atoms with Gasteiger partial charge in [0.15, 0.2) is 17.4 Å². The number of hydrogen-bond donors (Lipinski definition) is 4.